The number of fused-ring (bicyclic) bond motifs is 1. The van der Waals surface area contributed by atoms with Gasteiger partial charge < -0.3 is 4.42 Å². The molecular weight excluding hydrogens is 317 g/mol. The van der Waals surface area contributed by atoms with E-state index in [9.17, 15) is 9.18 Å². The molecule has 0 bridgehead atoms. The van der Waals surface area contributed by atoms with Gasteiger partial charge in [0.1, 0.15) is 11.3 Å². The molecule has 23 heavy (non-hydrogen) atoms. The summed E-state index contributed by atoms with van der Waals surface area (Å²) in [6.45, 7) is 1.42. The van der Waals surface area contributed by atoms with Gasteiger partial charge in [0.2, 0.25) is 5.89 Å². The first-order valence-electron chi connectivity index (χ1n) is 7.04. The number of oxazole rings is 1. The zero-order valence-corrected chi connectivity index (χ0v) is 13.1. The predicted octanol–water partition coefficient (Wildman–Crippen LogP) is 4.92. The third-order valence-electron chi connectivity index (χ3n) is 3.34. The van der Waals surface area contributed by atoms with Gasteiger partial charge in [0.05, 0.1) is 0 Å². The van der Waals surface area contributed by atoms with Crippen molar-refractivity contribution in [3.8, 4) is 0 Å². The van der Waals surface area contributed by atoms with Crippen LogP contribution >= 0.6 is 11.6 Å². The molecule has 3 rings (SSSR count). The molecule has 1 aromatic heterocycles. The smallest absolute Gasteiger partial charge is 0.220 e. The molecule has 0 amide bonds. The summed E-state index contributed by atoms with van der Waals surface area (Å²) in [5.41, 5.74) is 1.59. The number of hydrogen-bond acceptors (Lipinski definition) is 3. The minimum atomic E-state index is -0.539. The molecule has 1 heterocycles. The van der Waals surface area contributed by atoms with Crippen LogP contribution in [0.3, 0.4) is 0 Å². The van der Waals surface area contributed by atoms with E-state index < -0.39 is 5.82 Å². The zero-order chi connectivity index (χ0) is 16.4. The van der Waals surface area contributed by atoms with Crippen molar-refractivity contribution in [2.75, 3.05) is 0 Å². The van der Waals surface area contributed by atoms with Crippen LogP contribution in [-0.2, 0) is 11.2 Å². The van der Waals surface area contributed by atoms with E-state index in [1.165, 1.54) is 6.92 Å². The monoisotopic (exact) mass is 329 g/mol. The van der Waals surface area contributed by atoms with Crippen LogP contribution in [0.25, 0.3) is 23.3 Å². The Balaban J connectivity index is 1.96. The molecule has 3 aromatic rings. The largest absolute Gasteiger partial charge is 0.434 e. The fraction of sp³-hybridized carbons (Fsp3) is 0.111. The van der Waals surface area contributed by atoms with Gasteiger partial charge in [-0.25, -0.2) is 9.37 Å². The van der Waals surface area contributed by atoms with E-state index in [1.54, 1.807) is 30.4 Å². The van der Waals surface area contributed by atoms with E-state index in [-0.39, 0.29) is 23.7 Å². The molecule has 0 N–H and O–H groups in total. The molecule has 0 aliphatic rings. The highest BCUT2D eigenvalue weighted by Crippen LogP contribution is 2.24. The standard InChI is InChI=1S/C18H13ClFNO2/c1-11(22)10-13-6-8-15-18(17(13)20)23-16(21-15)9-7-12-4-2-3-5-14(12)19/h2-9H,10H2,1H3/b9-7+. The Morgan fingerprint density at radius 1 is 1.26 bits per heavy atom. The number of rotatable bonds is 4. The van der Waals surface area contributed by atoms with Crippen molar-refractivity contribution in [3.63, 3.8) is 0 Å². The summed E-state index contributed by atoms with van der Waals surface area (Å²) in [6, 6.07) is 10.5. The maximum absolute atomic E-state index is 14.3. The topological polar surface area (TPSA) is 43.1 Å². The Bertz CT molecular complexity index is 915. The summed E-state index contributed by atoms with van der Waals surface area (Å²) in [7, 11) is 0. The summed E-state index contributed by atoms with van der Waals surface area (Å²) < 4.78 is 19.8. The molecule has 0 atom stereocenters. The van der Waals surface area contributed by atoms with Crippen molar-refractivity contribution in [3.05, 3.63) is 64.3 Å². The van der Waals surface area contributed by atoms with E-state index in [4.69, 9.17) is 16.0 Å². The molecule has 0 fully saturated rings. The molecule has 0 radical (unpaired) electrons. The SMILES string of the molecule is CC(=O)Cc1ccc2nc(/C=C/c3ccccc3Cl)oc2c1F. The summed E-state index contributed by atoms with van der Waals surface area (Å²) in [6.07, 6.45) is 3.42. The van der Waals surface area contributed by atoms with Crippen LogP contribution < -0.4 is 0 Å². The number of carbonyl (C=O) groups excluding carboxylic acids is 1. The lowest BCUT2D eigenvalue weighted by Gasteiger charge is -1.99. The molecule has 3 nitrogen and oxygen atoms in total. The van der Waals surface area contributed by atoms with Crippen LogP contribution in [0.2, 0.25) is 5.02 Å². The van der Waals surface area contributed by atoms with E-state index >= 15 is 0 Å². The quantitative estimate of drug-likeness (QED) is 0.682. The number of Topliss-reactive ketones (excluding diaryl/α,β-unsaturated/α-hetero) is 1. The van der Waals surface area contributed by atoms with E-state index in [1.807, 2.05) is 18.2 Å². The lowest BCUT2D eigenvalue weighted by Crippen LogP contribution is -1.99. The maximum Gasteiger partial charge on any atom is 0.220 e. The van der Waals surface area contributed by atoms with Crippen LogP contribution in [0.15, 0.2) is 40.8 Å². The fourth-order valence-corrected chi connectivity index (χ4v) is 2.46. The molecule has 5 heteroatoms. The predicted molar refractivity (Wildman–Crippen MR) is 88.7 cm³/mol. The summed E-state index contributed by atoms with van der Waals surface area (Å²) in [5.74, 6) is -0.372. The highest BCUT2D eigenvalue weighted by molar-refractivity contribution is 6.32. The van der Waals surface area contributed by atoms with E-state index in [0.717, 1.165) is 5.56 Å². The third kappa shape index (κ3) is 3.32. The van der Waals surface area contributed by atoms with Gasteiger partial charge in [-0.1, -0.05) is 35.9 Å². The molecule has 0 spiro atoms. The van der Waals surface area contributed by atoms with Gasteiger partial charge in [0.25, 0.3) is 0 Å². The minimum Gasteiger partial charge on any atom is -0.434 e. The number of hydrogen-bond donors (Lipinski definition) is 0. The van der Waals surface area contributed by atoms with Crippen molar-refractivity contribution in [2.45, 2.75) is 13.3 Å². The van der Waals surface area contributed by atoms with Crippen molar-refractivity contribution in [1.82, 2.24) is 4.98 Å². The number of ketones is 1. The second kappa shape index (κ2) is 6.34. The number of aromatic nitrogens is 1. The van der Waals surface area contributed by atoms with E-state index in [2.05, 4.69) is 4.98 Å². The number of benzene rings is 2. The molecule has 0 unspecified atom stereocenters. The van der Waals surface area contributed by atoms with Crippen LogP contribution in [0.1, 0.15) is 23.9 Å². The second-order valence-corrected chi connectivity index (χ2v) is 5.58. The number of carbonyl (C=O) groups is 1. The molecule has 2 aromatic carbocycles. The fourth-order valence-electron chi connectivity index (χ4n) is 2.27. The Hall–Kier alpha value is -2.46. The van der Waals surface area contributed by atoms with Gasteiger partial charge in [0, 0.05) is 17.5 Å². The van der Waals surface area contributed by atoms with Crippen LogP contribution in [0, 0.1) is 5.82 Å². The first kappa shape index (κ1) is 15.4. The van der Waals surface area contributed by atoms with Crippen molar-refractivity contribution < 1.29 is 13.6 Å². The molecule has 116 valence electrons. The molecule has 0 saturated carbocycles. The molecule has 0 aliphatic heterocycles. The van der Waals surface area contributed by atoms with Crippen LogP contribution in [0.5, 0.6) is 0 Å². The Kier molecular flexibility index (Phi) is 4.26. The Labute approximate surface area is 137 Å². The lowest BCUT2D eigenvalue weighted by atomic mass is 10.1. The molecule has 0 aliphatic carbocycles. The maximum atomic E-state index is 14.3. The summed E-state index contributed by atoms with van der Waals surface area (Å²) in [4.78, 5) is 15.4. The van der Waals surface area contributed by atoms with E-state index in [0.29, 0.717) is 16.1 Å². The zero-order valence-electron chi connectivity index (χ0n) is 12.3. The van der Waals surface area contributed by atoms with Crippen LogP contribution in [-0.4, -0.2) is 10.8 Å². The first-order valence-corrected chi connectivity index (χ1v) is 7.42. The van der Waals surface area contributed by atoms with Gasteiger partial charge in [-0.05, 0) is 36.3 Å². The van der Waals surface area contributed by atoms with Gasteiger partial charge in [-0.3, -0.25) is 4.79 Å². The number of nitrogens with zero attached hydrogens (tertiary/aromatic N) is 1. The van der Waals surface area contributed by atoms with Crippen molar-refractivity contribution in [1.29, 1.82) is 0 Å². The average Bonchev–Trinajstić information content (AvgIpc) is 2.93. The highest BCUT2D eigenvalue weighted by atomic mass is 35.5. The normalized spacial score (nSPS) is 11.4. The second-order valence-electron chi connectivity index (χ2n) is 5.17. The highest BCUT2D eigenvalue weighted by Gasteiger charge is 2.14. The average molecular weight is 330 g/mol. The van der Waals surface area contributed by atoms with Crippen molar-refractivity contribution >= 4 is 40.6 Å². The van der Waals surface area contributed by atoms with Gasteiger partial charge >= 0.3 is 0 Å². The summed E-state index contributed by atoms with van der Waals surface area (Å²) >= 11 is 6.07. The Morgan fingerprint density at radius 2 is 2.04 bits per heavy atom. The molecular formula is C18H13ClFNO2. The first-order chi connectivity index (χ1) is 11.0. The van der Waals surface area contributed by atoms with Crippen LogP contribution in [0.4, 0.5) is 4.39 Å². The van der Waals surface area contributed by atoms with Gasteiger partial charge in [-0.15, -0.1) is 0 Å². The Morgan fingerprint density at radius 3 is 2.78 bits per heavy atom. The minimum absolute atomic E-state index is 0.0350. The van der Waals surface area contributed by atoms with Crippen molar-refractivity contribution in [2.24, 2.45) is 0 Å². The van der Waals surface area contributed by atoms with Gasteiger partial charge in [0.15, 0.2) is 11.4 Å². The van der Waals surface area contributed by atoms with Gasteiger partial charge in [-0.2, -0.15) is 0 Å². The third-order valence-corrected chi connectivity index (χ3v) is 3.69. The molecule has 0 saturated heterocycles. The summed E-state index contributed by atoms with van der Waals surface area (Å²) in [5, 5.41) is 0.606. The number of halogens is 2. The lowest BCUT2D eigenvalue weighted by molar-refractivity contribution is -0.116.